The Morgan fingerprint density at radius 3 is 2.16 bits per heavy atom. The predicted octanol–water partition coefficient (Wildman–Crippen LogP) is 2.62. The molecule has 5 heteroatoms. The molecule has 0 aliphatic heterocycles. The van der Waals surface area contributed by atoms with E-state index >= 15 is 0 Å². The van der Waals surface area contributed by atoms with E-state index < -0.39 is 9.84 Å². The lowest BCUT2D eigenvalue weighted by Gasteiger charge is -1.99. The highest BCUT2D eigenvalue weighted by atomic mass is 32.2. The van der Waals surface area contributed by atoms with Crippen molar-refractivity contribution in [2.24, 2.45) is 5.16 Å². The molecule has 2 rings (SSSR count). The van der Waals surface area contributed by atoms with Crippen LogP contribution >= 0.6 is 0 Å². The lowest BCUT2D eigenvalue weighted by Crippen LogP contribution is -2.02. The Kier molecular flexibility index (Phi) is 4.30. The molecule has 19 heavy (non-hydrogen) atoms. The quantitative estimate of drug-likeness (QED) is 0.479. The molecule has 0 amide bonds. The van der Waals surface area contributed by atoms with E-state index in [1.54, 1.807) is 18.2 Å². The Labute approximate surface area is 112 Å². The minimum Gasteiger partial charge on any atom is -0.390 e. The zero-order chi connectivity index (χ0) is 13.6. The van der Waals surface area contributed by atoms with Gasteiger partial charge in [-0.25, -0.2) is 8.42 Å². The third-order valence-electron chi connectivity index (χ3n) is 2.40. The maximum atomic E-state index is 11.8. The maximum absolute atomic E-state index is 11.8. The summed E-state index contributed by atoms with van der Waals surface area (Å²) in [5.74, 6) is 0. The maximum Gasteiger partial charge on any atom is 0.220 e. The number of rotatable bonds is 5. The monoisotopic (exact) mass is 275 g/mol. The number of oxime groups is 1. The van der Waals surface area contributed by atoms with Crippen LogP contribution in [-0.4, -0.2) is 14.0 Å². The molecule has 4 nitrogen and oxygen atoms in total. The molecule has 0 spiro atoms. The second-order valence-electron chi connectivity index (χ2n) is 3.83. The van der Waals surface area contributed by atoms with E-state index in [-0.39, 0.29) is 11.5 Å². The van der Waals surface area contributed by atoms with E-state index in [4.69, 9.17) is 4.84 Å². The minimum absolute atomic E-state index is 0.196. The first-order valence-corrected chi connectivity index (χ1v) is 7.22. The molecule has 0 unspecified atom stereocenters. The fraction of sp³-hybridized carbons (Fsp3) is 0.0714. The molecule has 2 aromatic carbocycles. The van der Waals surface area contributed by atoms with Crippen LogP contribution in [0.2, 0.25) is 0 Å². The van der Waals surface area contributed by atoms with Gasteiger partial charge in [0.2, 0.25) is 9.84 Å². The van der Waals surface area contributed by atoms with Crippen LogP contribution < -0.4 is 0 Å². The van der Waals surface area contributed by atoms with Gasteiger partial charge in [-0.2, -0.15) is 0 Å². The minimum atomic E-state index is -3.53. The molecule has 0 saturated carbocycles. The number of hydrogen-bond acceptors (Lipinski definition) is 4. The Morgan fingerprint density at radius 2 is 1.53 bits per heavy atom. The highest BCUT2D eigenvalue weighted by Crippen LogP contribution is 2.08. The molecule has 2 aromatic rings. The molecule has 0 aliphatic carbocycles. The van der Waals surface area contributed by atoms with Gasteiger partial charge >= 0.3 is 0 Å². The van der Waals surface area contributed by atoms with E-state index in [2.05, 4.69) is 5.16 Å². The molecule has 98 valence electrons. The van der Waals surface area contributed by atoms with E-state index in [9.17, 15) is 8.42 Å². The SMILES string of the molecule is O=S(=O)(/C=N\OCc1ccccc1)c1ccccc1. The first-order chi connectivity index (χ1) is 9.18. The largest absolute Gasteiger partial charge is 0.390 e. The normalized spacial score (nSPS) is 11.6. The van der Waals surface area contributed by atoms with Gasteiger partial charge < -0.3 is 4.84 Å². The lowest BCUT2D eigenvalue weighted by molar-refractivity contribution is 0.132. The van der Waals surface area contributed by atoms with Gasteiger partial charge in [-0.15, -0.1) is 0 Å². The molecule has 0 bridgehead atoms. The van der Waals surface area contributed by atoms with Crippen LogP contribution in [-0.2, 0) is 21.3 Å². The fourth-order valence-electron chi connectivity index (χ4n) is 1.44. The molecular weight excluding hydrogens is 262 g/mol. The van der Waals surface area contributed by atoms with Crippen molar-refractivity contribution in [1.29, 1.82) is 0 Å². The third-order valence-corrected chi connectivity index (χ3v) is 3.69. The first-order valence-electron chi connectivity index (χ1n) is 5.68. The lowest BCUT2D eigenvalue weighted by atomic mass is 10.2. The number of sulfone groups is 1. The van der Waals surface area contributed by atoms with Crippen molar-refractivity contribution < 1.29 is 13.3 Å². The Hall–Kier alpha value is -2.14. The van der Waals surface area contributed by atoms with Gasteiger partial charge in [0, 0.05) is 0 Å². The summed E-state index contributed by atoms with van der Waals surface area (Å²) in [6, 6.07) is 17.5. The summed E-state index contributed by atoms with van der Waals surface area (Å²) in [6.07, 6.45) is 0. The Bertz CT molecular complexity index is 637. The standard InChI is InChI=1S/C14H13NO3S/c16-19(17,14-9-5-2-6-10-14)12-15-18-11-13-7-3-1-4-8-13/h1-10,12H,11H2/b15-12-. The van der Waals surface area contributed by atoms with Crippen LogP contribution in [0.15, 0.2) is 70.7 Å². The first kappa shape index (κ1) is 13.3. The third kappa shape index (κ3) is 3.93. The summed E-state index contributed by atoms with van der Waals surface area (Å²) < 4.78 is 23.6. The predicted molar refractivity (Wildman–Crippen MR) is 73.4 cm³/mol. The summed E-state index contributed by atoms with van der Waals surface area (Å²) in [5.41, 5.74) is 1.75. The number of benzene rings is 2. The summed E-state index contributed by atoms with van der Waals surface area (Å²) in [5, 5.41) is 3.50. The summed E-state index contributed by atoms with van der Waals surface area (Å²) in [6.45, 7) is 0.238. The van der Waals surface area contributed by atoms with Gasteiger partial charge in [-0.1, -0.05) is 53.7 Å². The molecule has 0 atom stereocenters. The van der Waals surface area contributed by atoms with Gasteiger partial charge in [0.1, 0.15) is 6.61 Å². The van der Waals surface area contributed by atoms with Gasteiger partial charge in [-0.05, 0) is 17.7 Å². The molecule has 0 N–H and O–H groups in total. The van der Waals surface area contributed by atoms with Gasteiger partial charge in [0.25, 0.3) is 0 Å². The van der Waals surface area contributed by atoms with E-state index in [1.165, 1.54) is 12.1 Å². The van der Waals surface area contributed by atoms with Crippen LogP contribution in [0.3, 0.4) is 0 Å². The van der Waals surface area contributed by atoms with Crippen LogP contribution in [0.25, 0.3) is 0 Å². The van der Waals surface area contributed by atoms with E-state index in [0.29, 0.717) is 0 Å². The van der Waals surface area contributed by atoms with Crippen LogP contribution in [0.4, 0.5) is 0 Å². The van der Waals surface area contributed by atoms with E-state index in [0.717, 1.165) is 11.1 Å². The second-order valence-corrected chi connectivity index (χ2v) is 5.60. The van der Waals surface area contributed by atoms with Crippen molar-refractivity contribution in [3.63, 3.8) is 0 Å². The molecule has 0 radical (unpaired) electrons. The van der Waals surface area contributed by atoms with Crippen molar-refractivity contribution in [3.05, 3.63) is 66.2 Å². The zero-order valence-electron chi connectivity index (χ0n) is 10.1. The van der Waals surface area contributed by atoms with Crippen LogP contribution in [0, 0.1) is 0 Å². The van der Waals surface area contributed by atoms with Crippen LogP contribution in [0.5, 0.6) is 0 Å². The highest BCUT2D eigenvalue weighted by molar-refractivity contribution is 8.04. The zero-order valence-corrected chi connectivity index (χ0v) is 11.0. The van der Waals surface area contributed by atoms with Crippen molar-refractivity contribution in [2.75, 3.05) is 0 Å². The molecule has 0 aromatic heterocycles. The van der Waals surface area contributed by atoms with Crippen LogP contribution in [0.1, 0.15) is 5.56 Å². The smallest absolute Gasteiger partial charge is 0.220 e. The second kappa shape index (κ2) is 6.15. The molecule has 0 fully saturated rings. The summed E-state index contributed by atoms with van der Waals surface area (Å²) >= 11 is 0. The van der Waals surface area contributed by atoms with Gasteiger partial charge in [0.05, 0.1) is 4.90 Å². The highest BCUT2D eigenvalue weighted by Gasteiger charge is 2.10. The average molecular weight is 275 g/mol. The summed E-state index contributed by atoms with van der Waals surface area (Å²) in [7, 11) is -3.53. The van der Waals surface area contributed by atoms with Gasteiger partial charge in [-0.3, -0.25) is 0 Å². The van der Waals surface area contributed by atoms with Crippen molar-refractivity contribution >= 4 is 15.4 Å². The molecule has 0 saturated heterocycles. The number of nitrogens with zero attached hydrogens (tertiary/aromatic N) is 1. The van der Waals surface area contributed by atoms with Gasteiger partial charge in [0.15, 0.2) is 5.55 Å². The molecule has 0 heterocycles. The molecular formula is C14H13NO3S. The Morgan fingerprint density at radius 1 is 0.947 bits per heavy atom. The average Bonchev–Trinajstić information content (AvgIpc) is 2.46. The molecule has 0 aliphatic rings. The Balaban J connectivity index is 1.96. The van der Waals surface area contributed by atoms with Crippen molar-refractivity contribution in [3.8, 4) is 0 Å². The van der Waals surface area contributed by atoms with Crippen molar-refractivity contribution in [1.82, 2.24) is 0 Å². The fourth-order valence-corrected chi connectivity index (χ4v) is 2.28. The van der Waals surface area contributed by atoms with Crippen molar-refractivity contribution in [2.45, 2.75) is 11.5 Å². The van der Waals surface area contributed by atoms with E-state index in [1.807, 2.05) is 30.3 Å². The summed E-state index contributed by atoms with van der Waals surface area (Å²) in [4.78, 5) is 5.16. The topological polar surface area (TPSA) is 55.7 Å². The number of hydrogen-bond donors (Lipinski definition) is 0.